The van der Waals surface area contributed by atoms with Crippen LogP contribution in [-0.4, -0.2) is 19.0 Å². The second-order valence-electron chi connectivity index (χ2n) is 5.28. The highest BCUT2D eigenvalue weighted by atomic mass is 35.5. The molecule has 0 spiro atoms. The largest absolute Gasteiger partial charge is 0.469 e. The fraction of sp³-hybridized carbons (Fsp3) is 0.222. The van der Waals surface area contributed by atoms with E-state index in [2.05, 4.69) is 10.1 Å². The number of rotatable bonds is 2. The number of nitrogens with one attached hydrogen (secondary N) is 1. The first kappa shape index (κ1) is 18.3. The van der Waals surface area contributed by atoms with Crippen molar-refractivity contribution in [1.82, 2.24) is 0 Å². The van der Waals surface area contributed by atoms with E-state index in [4.69, 9.17) is 23.2 Å². The number of amides is 1. The number of benzene rings is 2. The molecule has 1 unspecified atom stereocenters. The van der Waals surface area contributed by atoms with Crippen molar-refractivity contribution in [3.05, 3.63) is 63.6 Å². The van der Waals surface area contributed by atoms with Crippen LogP contribution in [0.1, 0.15) is 24.0 Å². The van der Waals surface area contributed by atoms with E-state index >= 15 is 0 Å². The molecule has 4 nitrogen and oxygen atoms in total. The molecule has 0 radical (unpaired) electrons. The third-order valence-corrected chi connectivity index (χ3v) is 4.36. The van der Waals surface area contributed by atoms with Crippen LogP contribution in [0.4, 0.5) is 5.69 Å². The zero-order valence-corrected chi connectivity index (χ0v) is 14.8. The lowest BCUT2D eigenvalue weighted by Crippen LogP contribution is -2.14. The summed E-state index contributed by atoms with van der Waals surface area (Å²) >= 11 is 11.9. The van der Waals surface area contributed by atoms with Gasteiger partial charge < -0.3 is 10.1 Å². The van der Waals surface area contributed by atoms with Crippen LogP contribution >= 0.6 is 23.2 Å². The average molecular weight is 366 g/mol. The van der Waals surface area contributed by atoms with Crippen LogP contribution in [0.3, 0.4) is 0 Å². The lowest BCUT2D eigenvalue weighted by molar-refractivity contribution is -0.137. The normalized spacial score (nSPS) is 15.0. The Morgan fingerprint density at radius 1 is 1.17 bits per heavy atom. The van der Waals surface area contributed by atoms with Gasteiger partial charge in [-0.25, -0.2) is 0 Å². The fourth-order valence-corrected chi connectivity index (χ4v) is 2.70. The van der Waals surface area contributed by atoms with Crippen LogP contribution in [-0.2, 0) is 20.7 Å². The molecular formula is C18H17Cl2NO3. The number of hydrogen-bond acceptors (Lipinski definition) is 3. The van der Waals surface area contributed by atoms with E-state index in [-0.39, 0.29) is 17.8 Å². The predicted molar refractivity (Wildman–Crippen MR) is 95.7 cm³/mol. The van der Waals surface area contributed by atoms with E-state index in [0.29, 0.717) is 16.5 Å². The minimum atomic E-state index is -0.245. The van der Waals surface area contributed by atoms with Gasteiger partial charge in [0.1, 0.15) is 0 Å². The van der Waals surface area contributed by atoms with Gasteiger partial charge in [0.15, 0.2) is 0 Å². The Kier molecular flexibility index (Phi) is 6.23. The molecule has 0 aromatic heterocycles. The van der Waals surface area contributed by atoms with Gasteiger partial charge in [-0.15, -0.1) is 0 Å². The first-order valence-corrected chi connectivity index (χ1v) is 8.06. The maximum Gasteiger partial charge on any atom is 0.302 e. The van der Waals surface area contributed by atoms with Crippen LogP contribution in [0.15, 0.2) is 42.5 Å². The maximum atomic E-state index is 12.0. The molecule has 0 saturated heterocycles. The molecule has 0 saturated carbocycles. The number of esters is 1. The van der Waals surface area contributed by atoms with Crippen molar-refractivity contribution in [1.29, 1.82) is 0 Å². The lowest BCUT2D eigenvalue weighted by atomic mass is 9.93. The third-order valence-electron chi connectivity index (χ3n) is 3.62. The molecule has 126 valence electrons. The number of anilines is 1. The van der Waals surface area contributed by atoms with Crippen molar-refractivity contribution in [2.45, 2.75) is 19.3 Å². The van der Waals surface area contributed by atoms with E-state index in [9.17, 15) is 9.59 Å². The van der Waals surface area contributed by atoms with Crippen LogP contribution in [0.5, 0.6) is 0 Å². The monoisotopic (exact) mass is 365 g/mol. The summed E-state index contributed by atoms with van der Waals surface area (Å²) in [5.41, 5.74) is 2.95. The minimum Gasteiger partial charge on any atom is -0.469 e. The van der Waals surface area contributed by atoms with Gasteiger partial charge in [0, 0.05) is 12.6 Å². The summed E-state index contributed by atoms with van der Waals surface area (Å²) in [5, 5.41) is 3.94. The molecular weight excluding hydrogens is 349 g/mol. The van der Waals surface area contributed by atoms with Gasteiger partial charge in [-0.2, -0.15) is 0 Å². The average Bonchev–Trinajstić information content (AvgIpc) is 2.87. The molecule has 0 fully saturated rings. The third kappa shape index (κ3) is 4.49. The number of carbonyl (C=O) groups is 2. The molecule has 1 aliphatic heterocycles. The number of methoxy groups -OCH3 is 1. The summed E-state index contributed by atoms with van der Waals surface area (Å²) in [6.45, 7) is 1.36. The van der Waals surface area contributed by atoms with E-state index in [1.807, 2.05) is 36.4 Å². The number of ether oxygens (including phenoxy) is 1. The van der Waals surface area contributed by atoms with Gasteiger partial charge in [0.2, 0.25) is 5.91 Å². The number of para-hydroxylation sites is 1. The second-order valence-corrected chi connectivity index (χ2v) is 6.09. The zero-order valence-electron chi connectivity index (χ0n) is 13.3. The van der Waals surface area contributed by atoms with Gasteiger partial charge in [-0.3, -0.25) is 9.59 Å². The first-order valence-electron chi connectivity index (χ1n) is 7.30. The summed E-state index contributed by atoms with van der Waals surface area (Å²) in [6, 6.07) is 13.2. The van der Waals surface area contributed by atoms with E-state index in [1.54, 1.807) is 6.07 Å². The Labute approximate surface area is 150 Å². The molecule has 1 atom stereocenters. The van der Waals surface area contributed by atoms with E-state index in [0.717, 1.165) is 16.8 Å². The second kappa shape index (κ2) is 8.18. The molecule has 6 heteroatoms. The molecule has 1 amide bonds. The van der Waals surface area contributed by atoms with Gasteiger partial charge in [-0.05, 0) is 35.7 Å². The minimum absolute atomic E-state index is 0.0345. The highest BCUT2D eigenvalue weighted by molar-refractivity contribution is 6.42. The molecule has 1 N–H and O–H groups in total. The molecule has 3 rings (SSSR count). The van der Waals surface area contributed by atoms with Crippen LogP contribution in [0.2, 0.25) is 10.0 Å². The van der Waals surface area contributed by atoms with Gasteiger partial charge in [0.05, 0.1) is 23.1 Å². The topological polar surface area (TPSA) is 55.4 Å². The SMILES string of the molecule is COC(C)=O.O=C1Nc2ccccc2C1Cc1ccc(Cl)c(Cl)c1. The Morgan fingerprint density at radius 2 is 1.83 bits per heavy atom. The van der Waals surface area contributed by atoms with Crippen molar-refractivity contribution in [2.24, 2.45) is 0 Å². The Balaban J connectivity index is 0.000000368. The summed E-state index contributed by atoms with van der Waals surface area (Å²) in [5.74, 6) is -0.370. The molecule has 24 heavy (non-hydrogen) atoms. The Hall–Kier alpha value is -2.04. The standard InChI is InChI=1S/C15H11Cl2NO.C3H6O2/c16-12-6-5-9(8-13(12)17)7-11-10-3-1-2-4-14(10)18-15(11)19;1-3(4)5-2/h1-6,8,11H,7H2,(H,18,19);1-2H3. The van der Waals surface area contributed by atoms with Gasteiger partial charge in [-0.1, -0.05) is 47.5 Å². The maximum absolute atomic E-state index is 12.0. The quantitative estimate of drug-likeness (QED) is 0.799. The van der Waals surface area contributed by atoms with Crippen molar-refractivity contribution in [3.8, 4) is 0 Å². The van der Waals surface area contributed by atoms with Crippen molar-refractivity contribution in [2.75, 3.05) is 12.4 Å². The molecule has 2 aromatic rings. The van der Waals surface area contributed by atoms with Crippen LogP contribution in [0.25, 0.3) is 0 Å². The summed E-state index contributed by atoms with van der Waals surface area (Å²) in [6.07, 6.45) is 0.625. The lowest BCUT2D eigenvalue weighted by Gasteiger charge is -2.09. The first-order chi connectivity index (χ1) is 11.4. The predicted octanol–water partition coefficient (Wildman–Crippen LogP) is 4.45. The van der Waals surface area contributed by atoms with Crippen molar-refractivity contribution in [3.63, 3.8) is 0 Å². The van der Waals surface area contributed by atoms with E-state index < -0.39 is 0 Å². The molecule has 1 aliphatic rings. The number of fused-ring (bicyclic) bond motifs is 1. The van der Waals surface area contributed by atoms with E-state index in [1.165, 1.54) is 14.0 Å². The molecule has 0 bridgehead atoms. The Morgan fingerprint density at radius 3 is 2.46 bits per heavy atom. The number of hydrogen-bond donors (Lipinski definition) is 1. The molecule has 2 aromatic carbocycles. The Bertz CT molecular complexity index is 762. The van der Waals surface area contributed by atoms with Crippen molar-refractivity contribution >= 4 is 40.8 Å². The molecule has 1 heterocycles. The summed E-state index contributed by atoms with van der Waals surface area (Å²) in [7, 11) is 1.35. The number of halogens is 2. The summed E-state index contributed by atoms with van der Waals surface area (Å²) < 4.78 is 4.11. The fourth-order valence-electron chi connectivity index (χ4n) is 2.38. The smallest absolute Gasteiger partial charge is 0.302 e. The number of carbonyl (C=O) groups excluding carboxylic acids is 2. The van der Waals surface area contributed by atoms with Crippen molar-refractivity contribution < 1.29 is 14.3 Å². The zero-order chi connectivity index (χ0) is 17.7. The highest BCUT2D eigenvalue weighted by Gasteiger charge is 2.30. The molecule has 0 aliphatic carbocycles. The van der Waals surface area contributed by atoms with Gasteiger partial charge >= 0.3 is 5.97 Å². The highest BCUT2D eigenvalue weighted by Crippen LogP contribution is 2.35. The van der Waals surface area contributed by atoms with Gasteiger partial charge in [0.25, 0.3) is 0 Å². The van der Waals surface area contributed by atoms with Crippen LogP contribution < -0.4 is 5.32 Å². The van der Waals surface area contributed by atoms with Crippen LogP contribution in [0, 0.1) is 0 Å². The summed E-state index contributed by atoms with van der Waals surface area (Å²) in [4.78, 5) is 21.6.